The second kappa shape index (κ2) is 57.7. The van der Waals surface area contributed by atoms with E-state index in [1.807, 2.05) is 0 Å². The van der Waals surface area contributed by atoms with Gasteiger partial charge in [0.15, 0.2) is 12.2 Å². The predicted octanol–water partition coefficient (Wildman–Crippen LogP) is 18.2. The molecule has 0 spiro atoms. The molecule has 0 aromatic rings. The Bertz CT molecular complexity index is 1790. The Morgan fingerprint density at radius 1 is 0.360 bits per heavy atom. The molecule has 19 heteroatoms. The Labute approximate surface area is 522 Å². The molecule has 0 aromatic carbocycles. The van der Waals surface area contributed by atoms with E-state index in [-0.39, 0.29) is 25.7 Å². The summed E-state index contributed by atoms with van der Waals surface area (Å²) in [5.74, 6) is -0.0620. The standard InChI is InChI=1S/C67H126O17P2/c1-8-9-10-11-12-13-14-15-16-17-18-22-25-36-43-50-66(71)83-62(54-77-64(69)48-41-34-29-27-32-39-46-59(4)5)56-81-85(73,74)79-52-61(68)53-80-86(75,76)82-57-63(55-78-65(70)49-42-35-30-28-33-40-47-60(6)7)84-67(72)51-44-37-26-23-20-19-21-24-31-38-45-58(2)3/h13-16,58-63,68H,8-12,17-57H2,1-7H3,(H,73,74)(H,75,76)/b14-13-,16-15-/t61-,62+,63+/m0/s1. The lowest BCUT2D eigenvalue weighted by atomic mass is 10.0. The average molecular weight is 1270 g/mol. The van der Waals surface area contributed by atoms with Gasteiger partial charge in [-0.1, -0.05) is 253 Å². The summed E-state index contributed by atoms with van der Waals surface area (Å²) in [6, 6.07) is 0. The summed E-state index contributed by atoms with van der Waals surface area (Å²) in [6.07, 6.45) is 42.8. The van der Waals surface area contributed by atoms with E-state index in [1.165, 1.54) is 89.9 Å². The highest BCUT2D eigenvalue weighted by atomic mass is 31.2. The molecule has 2 unspecified atom stereocenters. The van der Waals surface area contributed by atoms with E-state index in [4.69, 9.17) is 37.0 Å². The minimum atomic E-state index is -4.96. The maximum Gasteiger partial charge on any atom is 0.472 e. The van der Waals surface area contributed by atoms with Crippen LogP contribution in [0.4, 0.5) is 0 Å². The van der Waals surface area contributed by atoms with Gasteiger partial charge in [0.2, 0.25) is 0 Å². The average Bonchev–Trinajstić information content (AvgIpc) is 3.62. The lowest BCUT2D eigenvalue weighted by molar-refractivity contribution is -0.161. The van der Waals surface area contributed by atoms with Crippen molar-refractivity contribution in [3.63, 3.8) is 0 Å². The number of hydrogen-bond acceptors (Lipinski definition) is 15. The van der Waals surface area contributed by atoms with Gasteiger partial charge < -0.3 is 33.8 Å². The molecule has 0 aliphatic rings. The van der Waals surface area contributed by atoms with Crippen LogP contribution in [-0.4, -0.2) is 96.7 Å². The van der Waals surface area contributed by atoms with Gasteiger partial charge in [0, 0.05) is 25.7 Å². The van der Waals surface area contributed by atoms with Gasteiger partial charge in [-0.05, 0) is 69.1 Å². The normalized spacial score (nSPS) is 14.5. The van der Waals surface area contributed by atoms with Crippen molar-refractivity contribution in [2.24, 2.45) is 17.8 Å². The van der Waals surface area contributed by atoms with E-state index in [0.29, 0.717) is 37.5 Å². The minimum Gasteiger partial charge on any atom is -0.462 e. The molecule has 0 rings (SSSR count). The Morgan fingerprint density at radius 2 is 0.628 bits per heavy atom. The van der Waals surface area contributed by atoms with Crippen LogP contribution in [0.25, 0.3) is 0 Å². The SMILES string of the molecule is CCCCCC/C=C\C=C/CCCCCCCC(=O)O[C@H](COC(=O)CCCCCCCCC(C)C)COP(=O)(O)OC[C@H](O)COP(=O)(O)OC[C@@H](COC(=O)CCCCCCCCC(C)C)OC(=O)CCCCCCCCCCCCC(C)C. The first-order valence-corrected chi connectivity index (χ1v) is 37.2. The summed E-state index contributed by atoms with van der Waals surface area (Å²) in [6.45, 7) is 11.6. The van der Waals surface area contributed by atoms with E-state index in [1.54, 1.807) is 0 Å². The first-order chi connectivity index (χ1) is 41.2. The number of aliphatic hydroxyl groups is 1. The van der Waals surface area contributed by atoms with Gasteiger partial charge in [-0.3, -0.25) is 37.3 Å². The summed E-state index contributed by atoms with van der Waals surface area (Å²) in [7, 11) is -9.91. The van der Waals surface area contributed by atoms with Crippen molar-refractivity contribution in [3.05, 3.63) is 24.3 Å². The first kappa shape index (κ1) is 83.5. The molecule has 0 aliphatic carbocycles. The quantitative estimate of drug-likeness (QED) is 0.0169. The summed E-state index contributed by atoms with van der Waals surface area (Å²) in [5.41, 5.74) is 0. The second-order valence-electron chi connectivity index (χ2n) is 25.0. The Kier molecular flexibility index (Phi) is 56.0. The number of carbonyl (C=O) groups is 4. The fourth-order valence-electron chi connectivity index (χ4n) is 9.47. The number of ether oxygens (including phenoxy) is 4. The Morgan fingerprint density at radius 3 is 0.942 bits per heavy atom. The molecule has 0 radical (unpaired) electrons. The number of hydrogen-bond donors (Lipinski definition) is 3. The van der Waals surface area contributed by atoms with Gasteiger partial charge in [0.05, 0.1) is 26.4 Å². The van der Waals surface area contributed by atoms with Gasteiger partial charge in [-0.15, -0.1) is 0 Å². The largest absolute Gasteiger partial charge is 0.472 e. The zero-order valence-electron chi connectivity index (χ0n) is 55.3. The second-order valence-corrected chi connectivity index (χ2v) is 27.9. The molecule has 0 saturated heterocycles. The predicted molar refractivity (Wildman–Crippen MR) is 344 cm³/mol. The third-order valence-corrected chi connectivity index (χ3v) is 16.7. The number of rotatable bonds is 63. The van der Waals surface area contributed by atoms with Crippen molar-refractivity contribution in [3.8, 4) is 0 Å². The molecule has 0 heterocycles. The highest BCUT2D eigenvalue weighted by Gasteiger charge is 2.30. The minimum absolute atomic E-state index is 0.0833. The van der Waals surface area contributed by atoms with Crippen LogP contribution < -0.4 is 0 Å². The molecular weight excluding hydrogens is 1140 g/mol. The van der Waals surface area contributed by atoms with Gasteiger partial charge >= 0.3 is 39.5 Å². The zero-order chi connectivity index (χ0) is 63.8. The molecule has 0 aromatic heterocycles. The van der Waals surface area contributed by atoms with Gasteiger partial charge in [-0.2, -0.15) is 0 Å². The molecule has 0 amide bonds. The summed E-state index contributed by atoms with van der Waals surface area (Å²) < 4.78 is 68.0. The molecule has 0 saturated carbocycles. The Hall–Kier alpha value is -2.46. The number of unbranched alkanes of at least 4 members (excludes halogenated alkanes) is 28. The van der Waals surface area contributed by atoms with Crippen LogP contribution >= 0.6 is 15.6 Å². The summed E-state index contributed by atoms with van der Waals surface area (Å²) in [4.78, 5) is 72.3. The van der Waals surface area contributed by atoms with Gasteiger partial charge in [-0.25, -0.2) is 9.13 Å². The summed E-state index contributed by atoms with van der Waals surface area (Å²) in [5, 5.41) is 10.5. The maximum absolute atomic E-state index is 13.0. The number of phosphoric ester groups is 2. The third-order valence-electron chi connectivity index (χ3n) is 14.8. The van der Waals surface area contributed by atoms with Crippen molar-refractivity contribution in [2.45, 2.75) is 324 Å². The van der Waals surface area contributed by atoms with Crippen molar-refractivity contribution in [1.82, 2.24) is 0 Å². The monoisotopic (exact) mass is 1260 g/mol. The smallest absolute Gasteiger partial charge is 0.462 e. The highest BCUT2D eigenvalue weighted by Crippen LogP contribution is 2.45. The number of aliphatic hydroxyl groups excluding tert-OH is 1. The maximum atomic E-state index is 13.0. The van der Waals surface area contributed by atoms with Crippen LogP contribution in [0.5, 0.6) is 0 Å². The van der Waals surface area contributed by atoms with E-state index < -0.39 is 97.5 Å². The van der Waals surface area contributed by atoms with Crippen LogP contribution in [0.15, 0.2) is 24.3 Å². The number of carbonyl (C=O) groups excluding carboxylic acids is 4. The highest BCUT2D eigenvalue weighted by molar-refractivity contribution is 7.47. The van der Waals surface area contributed by atoms with Crippen LogP contribution in [0.2, 0.25) is 0 Å². The molecule has 3 N–H and O–H groups in total. The summed E-state index contributed by atoms with van der Waals surface area (Å²) >= 11 is 0. The molecule has 0 bridgehead atoms. The molecule has 5 atom stereocenters. The Balaban J connectivity index is 5.27. The lowest BCUT2D eigenvalue weighted by Gasteiger charge is -2.21. The number of esters is 4. The van der Waals surface area contributed by atoms with E-state index in [2.05, 4.69) is 72.8 Å². The van der Waals surface area contributed by atoms with Crippen LogP contribution in [0.1, 0.15) is 305 Å². The van der Waals surface area contributed by atoms with Crippen molar-refractivity contribution >= 4 is 39.5 Å². The zero-order valence-corrected chi connectivity index (χ0v) is 57.0. The molecular formula is C67H126O17P2. The first-order valence-electron chi connectivity index (χ1n) is 34.2. The molecule has 17 nitrogen and oxygen atoms in total. The van der Waals surface area contributed by atoms with Gasteiger partial charge in [0.25, 0.3) is 0 Å². The number of allylic oxidation sites excluding steroid dienone is 4. The van der Waals surface area contributed by atoms with Crippen LogP contribution in [0, 0.1) is 17.8 Å². The third kappa shape index (κ3) is 60.5. The molecule has 0 aliphatic heterocycles. The van der Waals surface area contributed by atoms with Crippen molar-refractivity contribution < 1.29 is 80.2 Å². The fraction of sp³-hybridized carbons (Fsp3) is 0.881. The van der Waals surface area contributed by atoms with E-state index in [9.17, 15) is 43.2 Å². The van der Waals surface area contributed by atoms with Gasteiger partial charge in [0.1, 0.15) is 19.3 Å². The fourth-order valence-corrected chi connectivity index (χ4v) is 11.0. The van der Waals surface area contributed by atoms with E-state index >= 15 is 0 Å². The van der Waals surface area contributed by atoms with Crippen LogP contribution in [-0.2, 0) is 65.4 Å². The molecule has 86 heavy (non-hydrogen) atoms. The topological polar surface area (TPSA) is 237 Å². The van der Waals surface area contributed by atoms with Crippen molar-refractivity contribution in [1.29, 1.82) is 0 Å². The lowest BCUT2D eigenvalue weighted by Crippen LogP contribution is -2.30. The van der Waals surface area contributed by atoms with E-state index in [0.717, 1.165) is 121 Å². The number of phosphoric acid groups is 2. The van der Waals surface area contributed by atoms with Crippen LogP contribution in [0.3, 0.4) is 0 Å². The molecule has 0 fully saturated rings. The molecule has 506 valence electrons. The van der Waals surface area contributed by atoms with Crippen molar-refractivity contribution in [2.75, 3.05) is 39.6 Å².